The highest BCUT2D eigenvalue weighted by atomic mass is 32.2. The Kier molecular flexibility index (Phi) is 4.39. The average molecular weight is 403 g/mol. The van der Waals surface area contributed by atoms with Crippen LogP contribution in [0.4, 0.5) is 5.69 Å². The third-order valence-electron chi connectivity index (χ3n) is 5.21. The average Bonchev–Trinajstić information content (AvgIpc) is 3.13. The van der Waals surface area contributed by atoms with Gasteiger partial charge in [0, 0.05) is 21.9 Å². The van der Waals surface area contributed by atoms with Crippen molar-refractivity contribution in [2.75, 3.05) is 10.8 Å². The summed E-state index contributed by atoms with van der Waals surface area (Å²) < 4.78 is 34.6. The lowest BCUT2D eigenvalue weighted by Crippen LogP contribution is -2.35. The third kappa shape index (κ3) is 2.80. The number of fused-ring (bicyclic) bond motifs is 1. The minimum atomic E-state index is -3.72. The second kappa shape index (κ2) is 6.49. The molecule has 3 aromatic rings. The van der Waals surface area contributed by atoms with Crippen LogP contribution in [0.5, 0.6) is 0 Å². The molecule has 0 radical (unpaired) electrons. The second-order valence-corrected chi connectivity index (χ2v) is 10.2. The molecule has 0 saturated carbocycles. The first kappa shape index (κ1) is 18.3. The van der Waals surface area contributed by atoms with Crippen LogP contribution in [-0.2, 0) is 16.4 Å². The summed E-state index contributed by atoms with van der Waals surface area (Å²) in [6.45, 7) is 8.07. The highest BCUT2D eigenvalue weighted by Gasteiger charge is 2.35. The first-order chi connectivity index (χ1) is 12.8. The lowest BCUT2D eigenvalue weighted by atomic mass is 10.0. The van der Waals surface area contributed by atoms with Crippen molar-refractivity contribution in [2.45, 2.75) is 45.4 Å². The van der Waals surface area contributed by atoms with E-state index in [9.17, 15) is 8.42 Å². The molecule has 3 heterocycles. The number of sulfonamides is 1. The minimum Gasteiger partial charge on any atom is -0.356 e. The lowest BCUT2D eigenvalue weighted by molar-refractivity contribution is 0.426. The van der Waals surface area contributed by atoms with Gasteiger partial charge in [0.05, 0.1) is 16.9 Å². The van der Waals surface area contributed by atoms with Crippen molar-refractivity contribution in [1.82, 2.24) is 5.16 Å². The van der Waals surface area contributed by atoms with Crippen LogP contribution in [0.15, 0.2) is 33.7 Å². The number of hydrogen-bond donors (Lipinski definition) is 0. The van der Waals surface area contributed by atoms with Crippen molar-refractivity contribution in [2.24, 2.45) is 0 Å². The number of nitrogens with zero attached hydrogens (tertiary/aromatic N) is 2. The van der Waals surface area contributed by atoms with Crippen molar-refractivity contribution in [3.05, 3.63) is 50.8 Å². The van der Waals surface area contributed by atoms with Gasteiger partial charge in [-0.15, -0.1) is 11.3 Å². The molecule has 0 saturated heterocycles. The van der Waals surface area contributed by atoms with Gasteiger partial charge in [-0.25, -0.2) is 8.42 Å². The summed E-state index contributed by atoms with van der Waals surface area (Å²) >= 11 is 1.49. The van der Waals surface area contributed by atoms with Gasteiger partial charge >= 0.3 is 0 Å². The Labute approximate surface area is 163 Å². The van der Waals surface area contributed by atoms with Crippen LogP contribution in [0.1, 0.15) is 33.0 Å². The molecule has 7 heteroatoms. The zero-order chi connectivity index (χ0) is 19.3. The van der Waals surface area contributed by atoms with Gasteiger partial charge < -0.3 is 4.52 Å². The van der Waals surface area contributed by atoms with E-state index < -0.39 is 10.0 Å². The fraction of sp³-hybridized carbons (Fsp3) is 0.350. The van der Waals surface area contributed by atoms with Crippen LogP contribution in [0, 0.1) is 27.7 Å². The monoisotopic (exact) mass is 402 g/mol. The Morgan fingerprint density at radius 1 is 1.11 bits per heavy atom. The molecular weight excluding hydrogens is 380 g/mol. The molecule has 0 unspecified atom stereocenters. The van der Waals surface area contributed by atoms with Crippen LogP contribution in [0.25, 0.3) is 11.3 Å². The number of anilines is 1. The number of aryl methyl sites for hydroxylation is 4. The standard InChI is InChI=1S/C20H22N2O3S2/c1-12-13(2)21-25-19(12)18-14(3)26-15(4)20(18)27(23,24)22-11-7-9-16-8-5-6-10-17(16)22/h5-6,8,10H,7,9,11H2,1-4H3. The summed E-state index contributed by atoms with van der Waals surface area (Å²) in [5.74, 6) is 0.554. The summed E-state index contributed by atoms with van der Waals surface area (Å²) in [7, 11) is -3.72. The number of aromatic nitrogens is 1. The van der Waals surface area contributed by atoms with Crippen molar-refractivity contribution >= 4 is 27.0 Å². The Morgan fingerprint density at radius 2 is 1.85 bits per heavy atom. The fourth-order valence-corrected chi connectivity index (χ4v) is 7.09. The third-order valence-corrected chi connectivity index (χ3v) is 8.34. The predicted molar refractivity (Wildman–Crippen MR) is 108 cm³/mol. The van der Waals surface area contributed by atoms with E-state index in [0.29, 0.717) is 22.8 Å². The molecule has 1 aliphatic rings. The van der Waals surface area contributed by atoms with E-state index in [-0.39, 0.29) is 0 Å². The Hall–Kier alpha value is -2.12. The van der Waals surface area contributed by atoms with Gasteiger partial charge in [-0.2, -0.15) is 0 Å². The molecule has 5 nitrogen and oxygen atoms in total. The molecule has 142 valence electrons. The van der Waals surface area contributed by atoms with Crippen molar-refractivity contribution in [1.29, 1.82) is 0 Å². The fourth-order valence-electron chi connectivity index (χ4n) is 3.74. The molecule has 1 aliphatic heterocycles. The normalized spacial score (nSPS) is 14.4. The first-order valence-corrected chi connectivity index (χ1v) is 11.2. The summed E-state index contributed by atoms with van der Waals surface area (Å²) in [5, 5.41) is 4.04. The van der Waals surface area contributed by atoms with Crippen LogP contribution in [-0.4, -0.2) is 20.1 Å². The molecule has 0 amide bonds. The highest BCUT2D eigenvalue weighted by Crippen LogP contribution is 2.43. The molecule has 1 aromatic carbocycles. The van der Waals surface area contributed by atoms with Gasteiger partial charge in [0.1, 0.15) is 4.90 Å². The molecule has 4 rings (SSSR count). The predicted octanol–water partition coefficient (Wildman–Crippen LogP) is 4.78. The van der Waals surface area contributed by atoms with E-state index in [1.807, 2.05) is 52.0 Å². The van der Waals surface area contributed by atoms with Crippen molar-refractivity contribution in [3.63, 3.8) is 0 Å². The first-order valence-electron chi connectivity index (χ1n) is 8.96. The number of rotatable bonds is 3. The van der Waals surface area contributed by atoms with Crippen molar-refractivity contribution < 1.29 is 12.9 Å². The van der Waals surface area contributed by atoms with Crippen LogP contribution in [0.2, 0.25) is 0 Å². The SMILES string of the molecule is Cc1noc(-c2c(C)sc(C)c2S(=O)(=O)N2CCCc3ccccc32)c1C. The number of thiophene rings is 1. The molecule has 0 N–H and O–H groups in total. The topological polar surface area (TPSA) is 63.4 Å². The second-order valence-electron chi connectivity index (χ2n) is 6.95. The van der Waals surface area contributed by atoms with Crippen molar-refractivity contribution in [3.8, 4) is 11.3 Å². The van der Waals surface area contributed by atoms with Gasteiger partial charge in [-0.05, 0) is 52.2 Å². The largest absolute Gasteiger partial charge is 0.356 e. The maximum Gasteiger partial charge on any atom is 0.266 e. The van der Waals surface area contributed by atoms with Crippen LogP contribution in [0.3, 0.4) is 0 Å². The molecular formula is C20H22N2O3S2. The molecule has 0 spiro atoms. The lowest BCUT2D eigenvalue weighted by Gasteiger charge is -2.30. The van der Waals surface area contributed by atoms with E-state index in [4.69, 9.17) is 4.52 Å². The summed E-state index contributed by atoms with van der Waals surface area (Å²) in [6.07, 6.45) is 1.71. The van der Waals surface area contributed by atoms with E-state index >= 15 is 0 Å². The van der Waals surface area contributed by atoms with Gasteiger partial charge in [0.25, 0.3) is 10.0 Å². The molecule has 2 aromatic heterocycles. The van der Waals surface area contributed by atoms with Gasteiger partial charge in [-0.1, -0.05) is 23.4 Å². The van der Waals surface area contributed by atoms with Crippen LogP contribution >= 0.6 is 11.3 Å². The van der Waals surface area contributed by atoms with Gasteiger partial charge in [0.15, 0.2) is 5.76 Å². The summed E-state index contributed by atoms with van der Waals surface area (Å²) in [4.78, 5) is 2.05. The highest BCUT2D eigenvalue weighted by molar-refractivity contribution is 7.93. The maximum absolute atomic E-state index is 13.8. The maximum atomic E-state index is 13.8. The van der Waals surface area contributed by atoms with Crippen LogP contribution < -0.4 is 4.31 Å². The van der Waals surface area contributed by atoms with E-state index in [0.717, 1.165) is 45.1 Å². The smallest absolute Gasteiger partial charge is 0.266 e. The summed E-state index contributed by atoms with van der Waals surface area (Å²) in [5.41, 5.74) is 4.17. The van der Waals surface area contributed by atoms with Gasteiger partial charge in [-0.3, -0.25) is 4.31 Å². The van der Waals surface area contributed by atoms with E-state index in [1.165, 1.54) is 11.3 Å². The molecule has 0 aliphatic carbocycles. The number of hydrogen-bond acceptors (Lipinski definition) is 5. The Bertz CT molecular complexity index is 1130. The van der Waals surface area contributed by atoms with E-state index in [1.54, 1.807) is 4.31 Å². The number of benzene rings is 1. The van der Waals surface area contributed by atoms with E-state index in [2.05, 4.69) is 5.16 Å². The molecule has 0 fully saturated rings. The molecule has 0 bridgehead atoms. The summed E-state index contributed by atoms with van der Waals surface area (Å²) in [6, 6.07) is 7.75. The molecule has 0 atom stereocenters. The van der Waals surface area contributed by atoms with Gasteiger partial charge in [0.2, 0.25) is 0 Å². The minimum absolute atomic E-state index is 0.348. The zero-order valence-electron chi connectivity index (χ0n) is 15.9. The zero-order valence-corrected chi connectivity index (χ0v) is 17.5. The Morgan fingerprint density at radius 3 is 2.56 bits per heavy atom. The Balaban J connectivity index is 1.93. The molecule has 27 heavy (non-hydrogen) atoms. The quantitative estimate of drug-likeness (QED) is 0.632. The number of para-hydroxylation sites is 1.